The van der Waals surface area contributed by atoms with Gasteiger partial charge in [0.25, 0.3) is 0 Å². The van der Waals surface area contributed by atoms with Crippen LogP contribution in [0, 0.1) is 18.8 Å². The maximum atomic E-state index is 6.08. The highest BCUT2D eigenvalue weighted by molar-refractivity contribution is 5.20. The molecule has 2 heterocycles. The van der Waals surface area contributed by atoms with Crippen LogP contribution in [0.15, 0.2) is 10.5 Å². The van der Waals surface area contributed by atoms with Gasteiger partial charge in [-0.15, -0.1) is 0 Å². The molecule has 1 aromatic heterocycles. The Morgan fingerprint density at radius 3 is 2.76 bits per heavy atom. The molecule has 0 amide bonds. The second kappa shape index (κ2) is 7.46. The average Bonchev–Trinajstić information content (AvgIpc) is 2.97. The fraction of sp³-hybridized carbons (Fsp3) is 0.778. The van der Waals surface area contributed by atoms with Gasteiger partial charge < -0.3 is 9.73 Å². The van der Waals surface area contributed by atoms with Crippen LogP contribution in [0.2, 0.25) is 0 Å². The third-order valence-electron chi connectivity index (χ3n) is 4.45. The molecule has 1 saturated heterocycles. The van der Waals surface area contributed by atoms with Crippen molar-refractivity contribution in [3.05, 3.63) is 23.2 Å². The normalized spacial score (nSPS) is 20.0. The molecule has 21 heavy (non-hydrogen) atoms. The van der Waals surface area contributed by atoms with Gasteiger partial charge in [-0.3, -0.25) is 4.90 Å². The van der Waals surface area contributed by atoms with Crippen LogP contribution >= 0.6 is 0 Å². The topological polar surface area (TPSA) is 28.4 Å². The number of rotatable bonds is 7. The van der Waals surface area contributed by atoms with E-state index < -0.39 is 0 Å². The molecule has 0 spiro atoms. The minimum atomic E-state index is 0.677. The fourth-order valence-electron chi connectivity index (χ4n) is 3.32. The summed E-state index contributed by atoms with van der Waals surface area (Å²) in [4.78, 5) is 2.59. The predicted molar refractivity (Wildman–Crippen MR) is 88.3 cm³/mol. The number of nitrogens with one attached hydrogen (secondary N) is 1. The molecule has 1 aliphatic rings. The lowest BCUT2D eigenvalue weighted by atomic mass is 10.0. The van der Waals surface area contributed by atoms with E-state index in [1.165, 1.54) is 24.9 Å². The van der Waals surface area contributed by atoms with E-state index in [2.05, 4.69) is 50.9 Å². The summed E-state index contributed by atoms with van der Waals surface area (Å²) in [5, 5.41) is 3.47. The molecular formula is C18H32N2O. The average molecular weight is 292 g/mol. The first-order chi connectivity index (χ1) is 9.97. The Bertz CT molecular complexity index is 436. The molecule has 0 radical (unpaired) electrons. The van der Waals surface area contributed by atoms with Gasteiger partial charge >= 0.3 is 0 Å². The van der Waals surface area contributed by atoms with Gasteiger partial charge in [-0.1, -0.05) is 27.7 Å². The first-order valence-electron chi connectivity index (χ1n) is 8.50. The van der Waals surface area contributed by atoms with Crippen molar-refractivity contribution in [3.63, 3.8) is 0 Å². The van der Waals surface area contributed by atoms with Gasteiger partial charge in [0.15, 0.2) is 0 Å². The molecule has 1 fully saturated rings. The Hall–Kier alpha value is -0.800. The highest BCUT2D eigenvalue weighted by Crippen LogP contribution is 2.26. The van der Waals surface area contributed by atoms with E-state index >= 15 is 0 Å². The Balaban J connectivity index is 1.92. The van der Waals surface area contributed by atoms with Crippen LogP contribution < -0.4 is 5.32 Å². The van der Waals surface area contributed by atoms with Crippen LogP contribution in [-0.2, 0) is 13.1 Å². The lowest BCUT2D eigenvalue weighted by Crippen LogP contribution is -2.32. The number of hydrogen-bond acceptors (Lipinski definition) is 3. The van der Waals surface area contributed by atoms with Crippen LogP contribution in [0.3, 0.4) is 0 Å². The van der Waals surface area contributed by atoms with Crippen LogP contribution in [0.4, 0.5) is 0 Å². The van der Waals surface area contributed by atoms with Crippen molar-refractivity contribution in [2.24, 2.45) is 11.8 Å². The predicted octanol–water partition coefficient (Wildman–Crippen LogP) is 3.95. The maximum Gasteiger partial charge on any atom is 0.120 e. The zero-order chi connectivity index (χ0) is 15.4. The molecule has 1 aliphatic heterocycles. The number of aryl methyl sites for hydroxylation is 1. The summed E-state index contributed by atoms with van der Waals surface area (Å²) in [5.41, 5.74) is 1.28. The van der Waals surface area contributed by atoms with Crippen LogP contribution in [0.1, 0.15) is 57.6 Å². The summed E-state index contributed by atoms with van der Waals surface area (Å²) in [6, 6.07) is 2.94. The molecule has 0 saturated carbocycles. The Kier molecular flexibility index (Phi) is 5.88. The van der Waals surface area contributed by atoms with E-state index in [9.17, 15) is 0 Å². The lowest BCUT2D eigenvalue weighted by Gasteiger charge is -2.26. The highest BCUT2D eigenvalue weighted by atomic mass is 16.3. The number of likely N-dealkylation sites (tertiary alicyclic amines) is 1. The first kappa shape index (κ1) is 16.6. The zero-order valence-electron chi connectivity index (χ0n) is 14.4. The summed E-state index contributed by atoms with van der Waals surface area (Å²) in [5.74, 6) is 3.64. The Morgan fingerprint density at radius 1 is 1.33 bits per heavy atom. The van der Waals surface area contributed by atoms with Crippen LogP contribution in [0.25, 0.3) is 0 Å². The molecule has 0 bridgehead atoms. The molecule has 1 aromatic rings. The molecular weight excluding hydrogens is 260 g/mol. The molecule has 1 unspecified atom stereocenters. The molecule has 0 aromatic carbocycles. The van der Waals surface area contributed by atoms with Crippen molar-refractivity contribution in [2.75, 3.05) is 13.1 Å². The van der Waals surface area contributed by atoms with Crippen LogP contribution in [-0.4, -0.2) is 24.0 Å². The first-order valence-corrected chi connectivity index (χ1v) is 8.50. The SMILES string of the molecule is Cc1cc(CN2CCCC2C(C)C)oc1CNCC(C)C. The van der Waals surface area contributed by atoms with E-state index in [0.717, 1.165) is 43.1 Å². The van der Waals surface area contributed by atoms with Gasteiger partial charge in [-0.2, -0.15) is 0 Å². The van der Waals surface area contributed by atoms with E-state index in [-0.39, 0.29) is 0 Å². The zero-order valence-corrected chi connectivity index (χ0v) is 14.4. The third kappa shape index (κ3) is 4.58. The minimum absolute atomic E-state index is 0.677. The lowest BCUT2D eigenvalue weighted by molar-refractivity contribution is 0.184. The smallest absolute Gasteiger partial charge is 0.120 e. The van der Waals surface area contributed by atoms with Crippen molar-refractivity contribution in [1.29, 1.82) is 0 Å². The molecule has 120 valence electrons. The third-order valence-corrected chi connectivity index (χ3v) is 4.45. The summed E-state index contributed by atoms with van der Waals surface area (Å²) in [6.07, 6.45) is 2.66. The van der Waals surface area contributed by atoms with E-state index in [4.69, 9.17) is 4.42 Å². The number of furan rings is 1. The Labute approximate surface area is 130 Å². The molecule has 3 nitrogen and oxygen atoms in total. The standard InChI is InChI=1S/C18H32N2O/c1-13(2)10-19-11-18-15(5)9-16(21-18)12-20-8-6-7-17(20)14(3)4/h9,13-14,17,19H,6-8,10-12H2,1-5H3. The van der Waals surface area contributed by atoms with Crippen molar-refractivity contribution in [3.8, 4) is 0 Å². The molecule has 1 atom stereocenters. The summed E-state index contributed by atoms with van der Waals surface area (Å²) >= 11 is 0. The number of nitrogens with zero attached hydrogens (tertiary/aromatic N) is 1. The summed E-state index contributed by atoms with van der Waals surface area (Å²) < 4.78 is 6.08. The summed E-state index contributed by atoms with van der Waals surface area (Å²) in [7, 11) is 0. The molecule has 1 N–H and O–H groups in total. The van der Waals surface area contributed by atoms with E-state index in [1.54, 1.807) is 0 Å². The monoisotopic (exact) mass is 292 g/mol. The second-order valence-electron chi connectivity index (χ2n) is 7.27. The minimum Gasteiger partial charge on any atom is -0.463 e. The van der Waals surface area contributed by atoms with Crippen LogP contribution in [0.5, 0.6) is 0 Å². The largest absolute Gasteiger partial charge is 0.463 e. The van der Waals surface area contributed by atoms with Gasteiger partial charge in [0.05, 0.1) is 13.1 Å². The van der Waals surface area contributed by atoms with Gasteiger partial charge in [0.1, 0.15) is 11.5 Å². The van der Waals surface area contributed by atoms with Gasteiger partial charge in [-0.05, 0) is 56.3 Å². The number of hydrogen-bond donors (Lipinski definition) is 1. The fourth-order valence-corrected chi connectivity index (χ4v) is 3.32. The summed E-state index contributed by atoms with van der Waals surface area (Å²) in [6.45, 7) is 15.3. The van der Waals surface area contributed by atoms with Crippen molar-refractivity contribution < 1.29 is 4.42 Å². The van der Waals surface area contributed by atoms with Crippen molar-refractivity contribution in [2.45, 2.75) is 66.6 Å². The second-order valence-corrected chi connectivity index (χ2v) is 7.27. The molecule has 0 aliphatic carbocycles. The van der Waals surface area contributed by atoms with Gasteiger partial charge in [0, 0.05) is 6.04 Å². The van der Waals surface area contributed by atoms with E-state index in [0.29, 0.717) is 5.92 Å². The molecule has 3 heteroatoms. The van der Waals surface area contributed by atoms with E-state index in [1.807, 2.05) is 0 Å². The van der Waals surface area contributed by atoms with Crippen molar-refractivity contribution in [1.82, 2.24) is 10.2 Å². The maximum absolute atomic E-state index is 6.08. The van der Waals surface area contributed by atoms with Gasteiger partial charge in [-0.25, -0.2) is 0 Å². The van der Waals surface area contributed by atoms with Crippen molar-refractivity contribution >= 4 is 0 Å². The highest BCUT2D eigenvalue weighted by Gasteiger charge is 2.27. The quantitative estimate of drug-likeness (QED) is 0.824. The Morgan fingerprint density at radius 2 is 2.10 bits per heavy atom. The van der Waals surface area contributed by atoms with Gasteiger partial charge in [0.2, 0.25) is 0 Å². The molecule has 2 rings (SSSR count).